The molecule has 2 rings (SSSR count). The molecule has 14 heavy (non-hydrogen) atoms. The van der Waals surface area contributed by atoms with E-state index in [9.17, 15) is 4.39 Å². The van der Waals surface area contributed by atoms with Crippen LogP contribution in [0.15, 0.2) is 23.5 Å². The van der Waals surface area contributed by atoms with Gasteiger partial charge in [0.1, 0.15) is 0 Å². The third kappa shape index (κ3) is 1.32. The highest BCUT2D eigenvalue weighted by Crippen LogP contribution is 2.17. The molecule has 0 fully saturated rings. The lowest BCUT2D eigenvalue weighted by Crippen LogP contribution is -1.90. The SMILES string of the molecule is Cc1cn2cc(N=CN)cc(F)c2n1. The van der Waals surface area contributed by atoms with E-state index in [0.717, 1.165) is 12.0 Å². The first kappa shape index (κ1) is 8.68. The van der Waals surface area contributed by atoms with Gasteiger partial charge in [0, 0.05) is 18.5 Å². The van der Waals surface area contributed by atoms with E-state index in [2.05, 4.69) is 9.98 Å². The average molecular weight is 192 g/mol. The van der Waals surface area contributed by atoms with Gasteiger partial charge in [-0.05, 0) is 6.92 Å². The summed E-state index contributed by atoms with van der Waals surface area (Å²) < 4.78 is 15.0. The first-order chi connectivity index (χ1) is 6.70. The van der Waals surface area contributed by atoms with Crippen molar-refractivity contribution in [3.8, 4) is 0 Å². The summed E-state index contributed by atoms with van der Waals surface area (Å²) in [4.78, 5) is 7.81. The largest absolute Gasteiger partial charge is 0.390 e. The number of fused-ring (bicyclic) bond motifs is 1. The summed E-state index contributed by atoms with van der Waals surface area (Å²) in [7, 11) is 0. The van der Waals surface area contributed by atoms with Crippen LogP contribution in [0.5, 0.6) is 0 Å². The summed E-state index contributed by atoms with van der Waals surface area (Å²) in [5.41, 5.74) is 6.65. The lowest BCUT2D eigenvalue weighted by atomic mass is 10.4. The van der Waals surface area contributed by atoms with E-state index >= 15 is 0 Å². The van der Waals surface area contributed by atoms with Crippen LogP contribution in [-0.2, 0) is 0 Å². The van der Waals surface area contributed by atoms with Crippen molar-refractivity contribution < 1.29 is 4.39 Å². The van der Waals surface area contributed by atoms with Crippen molar-refractivity contribution in [2.75, 3.05) is 0 Å². The summed E-state index contributed by atoms with van der Waals surface area (Å²) in [5, 5.41) is 0. The molecule has 0 amide bonds. The Balaban J connectivity index is 2.71. The number of imidazole rings is 1. The van der Waals surface area contributed by atoms with Crippen LogP contribution in [0.3, 0.4) is 0 Å². The van der Waals surface area contributed by atoms with Crippen molar-refractivity contribution in [1.82, 2.24) is 9.38 Å². The second kappa shape index (κ2) is 3.10. The van der Waals surface area contributed by atoms with Crippen molar-refractivity contribution in [2.24, 2.45) is 10.7 Å². The molecule has 2 aromatic heterocycles. The first-order valence-corrected chi connectivity index (χ1v) is 4.10. The standard InChI is InChI=1S/C9H9FN4/c1-6-3-14-4-7(12-5-11)2-8(10)9(14)13-6/h2-5H,1H3,(H2,11,12). The van der Waals surface area contributed by atoms with Crippen molar-refractivity contribution in [3.63, 3.8) is 0 Å². The molecule has 0 aromatic carbocycles. The van der Waals surface area contributed by atoms with Gasteiger partial charge in [-0.3, -0.25) is 0 Å². The number of hydrogen-bond donors (Lipinski definition) is 1. The number of rotatable bonds is 1. The summed E-state index contributed by atoms with van der Waals surface area (Å²) in [5.74, 6) is -0.402. The highest BCUT2D eigenvalue weighted by Gasteiger charge is 2.05. The second-order valence-electron chi connectivity index (χ2n) is 2.94. The van der Waals surface area contributed by atoms with Gasteiger partial charge < -0.3 is 10.1 Å². The van der Waals surface area contributed by atoms with Gasteiger partial charge in [0.05, 0.1) is 17.7 Å². The molecule has 2 aromatic rings. The highest BCUT2D eigenvalue weighted by atomic mass is 19.1. The van der Waals surface area contributed by atoms with Gasteiger partial charge in [-0.25, -0.2) is 14.4 Å². The van der Waals surface area contributed by atoms with Crippen LogP contribution in [0.25, 0.3) is 5.65 Å². The molecular weight excluding hydrogens is 183 g/mol. The molecule has 0 saturated carbocycles. The summed E-state index contributed by atoms with van der Waals surface area (Å²) in [6.07, 6.45) is 4.53. The van der Waals surface area contributed by atoms with Gasteiger partial charge in [-0.1, -0.05) is 0 Å². The van der Waals surface area contributed by atoms with E-state index in [4.69, 9.17) is 5.73 Å². The molecular formula is C9H9FN4. The van der Waals surface area contributed by atoms with E-state index in [-0.39, 0.29) is 0 Å². The topological polar surface area (TPSA) is 55.7 Å². The predicted molar refractivity (Wildman–Crippen MR) is 52.2 cm³/mol. The Morgan fingerprint density at radius 2 is 2.36 bits per heavy atom. The molecule has 0 saturated heterocycles. The molecule has 0 bridgehead atoms. The Morgan fingerprint density at radius 3 is 3.07 bits per heavy atom. The molecule has 72 valence electrons. The number of pyridine rings is 1. The highest BCUT2D eigenvalue weighted by molar-refractivity contribution is 5.60. The molecule has 0 aliphatic carbocycles. The van der Waals surface area contributed by atoms with E-state index in [1.807, 2.05) is 0 Å². The maximum atomic E-state index is 13.4. The van der Waals surface area contributed by atoms with Gasteiger partial charge >= 0.3 is 0 Å². The van der Waals surface area contributed by atoms with Crippen LogP contribution in [0.1, 0.15) is 5.69 Å². The number of nitrogens with two attached hydrogens (primary N) is 1. The van der Waals surface area contributed by atoms with Crippen LogP contribution >= 0.6 is 0 Å². The van der Waals surface area contributed by atoms with Gasteiger partial charge in [-0.15, -0.1) is 0 Å². The second-order valence-corrected chi connectivity index (χ2v) is 2.94. The fourth-order valence-corrected chi connectivity index (χ4v) is 1.32. The molecule has 0 atom stereocenters. The molecule has 0 aliphatic rings. The molecule has 5 heteroatoms. The van der Waals surface area contributed by atoms with Crippen LogP contribution in [0.4, 0.5) is 10.1 Å². The third-order valence-electron chi connectivity index (χ3n) is 1.84. The van der Waals surface area contributed by atoms with Crippen molar-refractivity contribution >= 4 is 17.7 Å². The molecule has 0 aliphatic heterocycles. The molecule has 0 unspecified atom stereocenters. The smallest absolute Gasteiger partial charge is 0.173 e. The van der Waals surface area contributed by atoms with E-state index in [0.29, 0.717) is 11.3 Å². The zero-order valence-electron chi connectivity index (χ0n) is 7.61. The molecule has 2 heterocycles. The van der Waals surface area contributed by atoms with E-state index in [1.165, 1.54) is 6.07 Å². The van der Waals surface area contributed by atoms with Gasteiger partial charge in [0.25, 0.3) is 0 Å². The normalized spacial score (nSPS) is 11.6. The quantitative estimate of drug-likeness (QED) is 0.548. The Labute approximate surface area is 79.9 Å². The number of aliphatic imine (C=N–C) groups is 1. The van der Waals surface area contributed by atoms with Crippen LogP contribution in [0.2, 0.25) is 0 Å². The molecule has 2 N–H and O–H groups in total. The molecule has 4 nitrogen and oxygen atoms in total. The summed E-state index contributed by atoms with van der Waals surface area (Å²) in [6.45, 7) is 1.80. The number of halogens is 1. The maximum absolute atomic E-state index is 13.4. The van der Waals surface area contributed by atoms with Crippen molar-refractivity contribution in [3.05, 3.63) is 30.0 Å². The Kier molecular flexibility index (Phi) is 1.92. The van der Waals surface area contributed by atoms with Crippen LogP contribution in [-0.4, -0.2) is 15.7 Å². The minimum absolute atomic E-state index is 0.304. The lowest BCUT2D eigenvalue weighted by molar-refractivity contribution is 0.630. The van der Waals surface area contributed by atoms with E-state index < -0.39 is 5.82 Å². The Hall–Kier alpha value is -1.91. The predicted octanol–water partition coefficient (Wildman–Crippen LogP) is 1.40. The Bertz CT molecular complexity index is 501. The molecule has 0 spiro atoms. The fraction of sp³-hybridized carbons (Fsp3) is 0.111. The van der Waals surface area contributed by atoms with Gasteiger partial charge in [0.15, 0.2) is 11.5 Å². The number of aryl methyl sites for hydroxylation is 1. The zero-order valence-corrected chi connectivity index (χ0v) is 7.61. The first-order valence-electron chi connectivity index (χ1n) is 4.10. The Morgan fingerprint density at radius 1 is 1.57 bits per heavy atom. The summed E-state index contributed by atoms with van der Waals surface area (Å²) >= 11 is 0. The number of hydrogen-bond acceptors (Lipinski definition) is 2. The minimum Gasteiger partial charge on any atom is -0.390 e. The average Bonchev–Trinajstić information content (AvgIpc) is 2.47. The van der Waals surface area contributed by atoms with Crippen molar-refractivity contribution in [1.29, 1.82) is 0 Å². The van der Waals surface area contributed by atoms with Gasteiger partial charge in [0.2, 0.25) is 0 Å². The van der Waals surface area contributed by atoms with Crippen LogP contribution in [0, 0.1) is 12.7 Å². The number of nitrogens with zero attached hydrogens (tertiary/aromatic N) is 3. The maximum Gasteiger partial charge on any atom is 0.173 e. The lowest BCUT2D eigenvalue weighted by Gasteiger charge is -1.97. The minimum atomic E-state index is -0.402. The third-order valence-corrected chi connectivity index (χ3v) is 1.84. The number of aromatic nitrogens is 2. The summed E-state index contributed by atoms with van der Waals surface area (Å²) in [6, 6.07) is 1.30. The van der Waals surface area contributed by atoms with Gasteiger partial charge in [-0.2, -0.15) is 0 Å². The van der Waals surface area contributed by atoms with Crippen LogP contribution < -0.4 is 5.73 Å². The van der Waals surface area contributed by atoms with Crippen molar-refractivity contribution in [2.45, 2.75) is 6.92 Å². The fourth-order valence-electron chi connectivity index (χ4n) is 1.32. The molecule has 0 radical (unpaired) electrons. The van der Waals surface area contributed by atoms with E-state index in [1.54, 1.807) is 23.7 Å². The monoisotopic (exact) mass is 192 g/mol. The zero-order chi connectivity index (χ0) is 10.1.